The molecule has 0 unspecified atom stereocenters. The van der Waals surface area contributed by atoms with Crippen LogP contribution in [-0.4, -0.2) is 50.5 Å². The van der Waals surface area contributed by atoms with E-state index in [1.54, 1.807) is 14.0 Å². The van der Waals surface area contributed by atoms with E-state index >= 15 is 0 Å². The minimum atomic E-state index is -3.07. The molecule has 0 spiro atoms. The van der Waals surface area contributed by atoms with Crippen molar-refractivity contribution in [3.8, 4) is 0 Å². The van der Waals surface area contributed by atoms with Gasteiger partial charge < -0.3 is 10.2 Å². The summed E-state index contributed by atoms with van der Waals surface area (Å²) in [5.41, 5.74) is 0. The van der Waals surface area contributed by atoms with Crippen molar-refractivity contribution in [1.82, 2.24) is 10.2 Å². The highest BCUT2D eigenvalue weighted by atomic mass is 32.2. The van der Waals surface area contributed by atoms with E-state index in [-0.39, 0.29) is 23.9 Å². The van der Waals surface area contributed by atoms with Crippen molar-refractivity contribution in [2.45, 2.75) is 58.0 Å². The molecule has 118 valence electrons. The molecule has 1 rings (SSSR count). The van der Waals surface area contributed by atoms with Gasteiger partial charge in [0.1, 0.15) is 9.84 Å². The van der Waals surface area contributed by atoms with Gasteiger partial charge in [-0.1, -0.05) is 26.2 Å². The van der Waals surface area contributed by atoms with Crippen LogP contribution < -0.4 is 5.32 Å². The van der Waals surface area contributed by atoms with Crippen LogP contribution in [0.1, 0.15) is 46.0 Å². The normalized spacial score (nSPS) is 25.0. The zero-order valence-electron chi connectivity index (χ0n) is 13.1. The molecular weight excluding hydrogens is 276 g/mol. The van der Waals surface area contributed by atoms with Crippen molar-refractivity contribution < 1.29 is 13.2 Å². The third-order valence-electron chi connectivity index (χ3n) is 4.21. The van der Waals surface area contributed by atoms with E-state index in [2.05, 4.69) is 12.2 Å². The first-order valence-corrected chi connectivity index (χ1v) is 9.50. The molecule has 0 aliphatic heterocycles. The highest BCUT2D eigenvalue weighted by molar-refractivity contribution is 7.90. The molecule has 2 amide bonds. The van der Waals surface area contributed by atoms with Gasteiger partial charge in [-0.2, -0.15) is 0 Å². The highest BCUT2D eigenvalue weighted by Gasteiger charge is 2.25. The van der Waals surface area contributed by atoms with Crippen LogP contribution in [0.25, 0.3) is 0 Å². The van der Waals surface area contributed by atoms with Gasteiger partial charge >= 0.3 is 6.03 Å². The Labute approximate surface area is 123 Å². The summed E-state index contributed by atoms with van der Waals surface area (Å²) in [5.74, 6) is 0.701. The van der Waals surface area contributed by atoms with E-state index < -0.39 is 9.84 Å². The lowest BCUT2D eigenvalue weighted by Gasteiger charge is -2.32. The summed E-state index contributed by atoms with van der Waals surface area (Å²) < 4.78 is 22.6. The predicted molar refractivity (Wildman–Crippen MR) is 81.5 cm³/mol. The number of carbonyl (C=O) groups is 1. The van der Waals surface area contributed by atoms with Crippen molar-refractivity contribution in [2.24, 2.45) is 5.92 Å². The Hall–Kier alpha value is -0.780. The topological polar surface area (TPSA) is 66.5 Å². The number of hydrogen-bond acceptors (Lipinski definition) is 3. The van der Waals surface area contributed by atoms with E-state index in [4.69, 9.17) is 0 Å². The standard InChI is InChI=1S/C14H28N2O3S/c1-5-12-7-6-8-13(9-12)15-14(17)16(3)11(2)10-20(4,18)19/h11-13H,5-10H2,1-4H3,(H,15,17)/t11-,12+,13+/m0/s1. The highest BCUT2D eigenvalue weighted by Crippen LogP contribution is 2.26. The lowest BCUT2D eigenvalue weighted by atomic mass is 9.84. The molecule has 1 aliphatic rings. The van der Waals surface area contributed by atoms with Crippen LogP contribution in [0.3, 0.4) is 0 Å². The van der Waals surface area contributed by atoms with Gasteiger partial charge in [-0.3, -0.25) is 0 Å². The minimum absolute atomic E-state index is 0.000822. The number of sulfone groups is 1. The molecule has 0 bridgehead atoms. The molecule has 0 aromatic carbocycles. The van der Waals surface area contributed by atoms with Gasteiger partial charge in [-0.25, -0.2) is 13.2 Å². The second-order valence-corrected chi connectivity index (χ2v) is 8.32. The quantitative estimate of drug-likeness (QED) is 0.845. The zero-order valence-corrected chi connectivity index (χ0v) is 13.9. The van der Waals surface area contributed by atoms with Gasteiger partial charge in [0, 0.05) is 25.4 Å². The maximum absolute atomic E-state index is 12.2. The SMILES string of the molecule is CC[C@@H]1CCC[C@@H](NC(=O)N(C)[C@@H](C)CS(C)(=O)=O)C1. The average molecular weight is 304 g/mol. The summed E-state index contributed by atoms with van der Waals surface area (Å²) in [6, 6.07) is -0.243. The second kappa shape index (κ2) is 7.29. The summed E-state index contributed by atoms with van der Waals surface area (Å²) >= 11 is 0. The second-order valence-electron chi connectivity index (χ2n) is 6.14. The fraction of sp³-hybridized carbons (Fsp3) is 0.929. The van der Waals surface area contributed by atoms with Crippen LogP contribution in [0, 0.1) is 5.92 Å². The summed E-state index contributed by atoms with van der Waals surface area (Å²) in [4.78, 5) is 13.7. The van der Waals surface area contributed by atoms with E-state index in [0.29, 0.717) is 5.92 Å². The van der Waals surface area contributed by atoms with E-state index in [1.807, 2.05) is 0 Å². The maximum Gasteiger partial charge on any atom is 0.317 e. The van der Waals surface area contributed by atoms with Crippen molar-refractivity contribution in [3.63, 3.8) is 0 Å². The van der Waals surface area contributed by atoms with Gasteiger partial charge in [0.05, 0.1) is 5.75 Å². The lowest BCUT2D eigenvalue weighted by molar-refractivity contribution is 0.185. The monoisotopic (exact) mass is 304 g/mol. The summed E-state index contributed by atoms with van der Waals surface area (Å²) in [6.07, 6.45) is 6.83. The molecule has 0 heterocycles. The Morgan fingerprint density at radius 1 is 1.40 bits per heavy atom. The number of hydrogen-bond donors (Lipinski definition) is 1. The first-order valence-electron chi connectivity index (χ1n) is 7.44. The number of urea groups is 1. The smallest absolute Gasteiger partial charge is 0.317 e. The number of carbonyl (C=O) groups excluding carboxylic acids is 1. The van der Waals surface area contributed by atoms with Crippen LogP contribution in [0.2, 0.25) is 0 Å². The molecule has 3 atom stereocenters. The van der Waals surface area contributed by atoms with Gasteiger partial charge in [-0.05, 0) is 25.7 Å². The maximum atomic E-state index is 12.2. The van der Waals surface area contributed by atoms with Gasteiger partial charge in [-0.15, -0.1) is 0 Å². The van der Waals surface area contributed by atoms with Crippen molar-refractivity contribution >= 4 is 15.9 Å². The lowest BCUT2D eigenvalue weighted by Crippen LogP contribution is -2.49. The molecule has 1 aliphatic carbocycles. The van der Waals surface area contributed by atoms with E-state index in [9.17, 15) is 13.2 Å². The average Bonchev–Trinajstić information content (AvgIpc) is 2.36. The molecule has 6 heteroatoms. The van der Waals surface area contributed by atoms with Crippen molar-refractivity contribution in [1.29, 1.82) is 0 Å². The van der Waals surface area contributed by atoms with Crippen LogP contribution in [0.4, 0.5) is 4.79 Å². The van der Waals surface area contributed by atoms with Crippen LogP contribution in [0.15, 0.2) is 0 Å². The van der Waals surface area contributed by atoms with Gasteiger partial charge in [0.25, 0.3) is 0 Å². The molecule has 0 aromatic rings. The Bertz CT molecular complexity index is 422. The molecule has 1 N–H and O–H groups in total. The van der Waals surface area contributed by atoms with Crippen molar-refractivity contribution in [2.75, 3.05) is 19.1 Å². The molecule has 0 radical (unpaired) electrons. The third-order valence-corrected chi connectivity index (χ3v) is 5.30. The molecule has 0 aromatic heterocycles. The molecule has 0 saturated heterocycles. The minimum Gasteiger partial charge on any atom is -0.335 e. The zero-order chi connectivity index (χ0) is 15.3. The summed E-state index contributed by atoms with van der Waals surface area (Å²) in [7, 11) is -1.41. The number of nitrogens with one attached hydrogen (secondary N) is 1. The van der Waals surface area contributed by atoms with Crippen LogP contribution >= 0.6 is 0 Å². The first-order chi connectivity index (χ1) is 9.23. The summed E-state index contributed by atoms with van der Waals surface area (Å²) in [6.45, 7) is 3.95. The fourth-order valence-corrected chi connectivity index (χ4v) is 3.92. The predicted octanol–water partition coefficient (Wildman–Crippen LogP) is 2.03. The number of rotatable bonds is 5. The Morgan fingerprint density at radius 3 is 2.60 bits per heavy atom. The molecule has 1 saturated carbocycles. The third kappa shape index (κ3) is 5.69. The Morgan fingerprint density at radius 2 is 2.05 bits per heavy atom. The summed E-state index contributed by atoms with van der Waals surface area (Å²) in [5, 5.41) is 3.04. The Kier molecular flexibility index (Phi) is 6.30. The van der Waals surface area contributed by atoms with Crippen LogP contribution in [0.5, 0.6) is 0 Å². The molecule has 5 nitrogen and oxygen atoms in total. The van der Waals surface area contributed by atoms with E-state index in [0.717, 1.165) is 25.7 Å². The first kappa shape index (κ1) is 17.3. The molecular formula is C14H28N2O3S. The molecule has 20 heavy (non-hydrogen) atoms. The largest absolute Gasteiger partial charge is 0.335 e. The van der Waals surface area contributed by atoms with Crippen LogP contribution in [-0.2, 0) is 9.84 Å². The number of amides is 2. The van der Waals surface area contributed by atoms with Gasteiger partial charge in [0.15, 0.2) is 0 Å². The van der Waals surface area contributed by atoms with Crippen molar-refractivity contribution in [3.05, 3.63) is 0 Å². The van der Waals surface area contributed by atoms with Gasteiger partial charge in [0.2, 0.25) is 0 Å². The molecule has 1 fully saturated rings. The van der Waals surface area contributed by atoms with E-state index in [1.165, 1.54) is 17.6 Å². The Balaban J connectivity index is 2.48. The number of nitrogens with zero attached hydrogens (tertiary/aromatic N) is 1. The fourth-order valence-electron chi connectivity index (χ4n) is 2.82.